The van der Waals surface area contributed by atoms with Gasteiger partial charge >= 0.3 is 0 Å². The molecule has 1 aromatic heterocycles. The number of anilines is 2. The highest BCUT2D eigenvalue weighted by Gasteiger charge is 2.30. The molecule has 2 aliphatic heterocycles. The van der Waals surface area contributed by atoms with Crippen molar-refractivity contribution >= 4 is 29.1 Å². The van der Waals surface area contributed by atoms with E-state index in [4.69, 9.17) is 5.73 Å². The Balaban J connectivity index is 1.22. The summed E-state index contributed by atoms with van der Waals surface area (Å²) in [7, 11) is 2.11. The van der Waals surface area contributed by atoms with Crippen LogP contribution in [0.25, 0.3) is 11.1 Å². The molecule has 2 fully saturated rings. The molecule has 1 atom stereocenters. The van der Waals surface area contributed by atoms with E-state index in [2.05, 4.69) is 27.1 Å². The molecule has 2 aliphatic rings. The van der Waals surface area contributed by atoms with Gasteiger partial charge < -0.3 is 25.8 Å². The van der Waals surface area contributed by atoms with Gasteiger partial charge in [0, 0.05) is 62.4 Å². The lowest BCUT2D eigenvalue weighted by Crippen LogP contribution is -2.45. The first-order valence-corrected chi connectivity index (χ1v) is 13.4. The average molecular weight is 527 g/mol. The molecule has 3 N–H and O–H groups in total. The normalized spacial score (nSPS) is 18.0. The summed E-state index contributed by atoms with van der Waals surface area (Å²) in [5.41, 5.74) is 9.72. The van der Waals surface area contributed by atoms with Crippen LogP contribution < -0.4 is 16.0 Å². The van der Waals surface area contributed by atoms with Crippen LogP contribution in [-0.4, -0.2) is 78.8 Å². The van der Waals surface area contributed by atoms with Crippen LogP contribution in [0, 0.1) is 5.92 Å². The monoisotopic (exact) mass is 526 g/mol. The highest BCUT2D eigenvalue weighted by atomic mass is 16.2. The number of piperazine rings is 1. The highest BCUT2D eigenvalue weighted by Crippen LogP contribution is 2.25. The van der Waals surface area contributed by atoms with E-state index in [1.807, 2.05) is 48.5 Å². The Bertz CT molecular complexity index is 1350. The number of carbonyl (C=O) groups excluding carboxylic acids is 3. The zero-order valence-corrected chi connectivity index (χ0v) is 22.2. The number of benzene rings is 2. The number of aromatic nitrogens is 1. The maximum atomic E-state index is 13.4. The molecule has 3 aromatic rings. The van der Waals surface area contributed by atoms with Crippen molar-refractivity contribution < 1.29 is 14.4 Å². The van der Waals surface area contributed by atoms with Gasteiger partial charge in [0.15, 0.2) is 0 Å². The van der Waals surface area contributed by atoms with Gasteiger partial charge in [-0.2, -0.15) is 0 Å². The molecule has 2 saturated heterocycles. The lowest BCUT2D eigenvalue weighted by Gasteiger charge is -2.34. The van der Waals surface area contributed by atoms with E-state index < -0.39 is 5.91 Å². The third kappa shape index (κ3) is 6.26. The summed E-state index contributed by atoms with van der Waals surface area (Å²) in [6.07, 6.45) is 3.18. The van der Waals surface area contributed by atoms with Gasteiger partial charge in [0.25, 0.3) is 5.91 Å². The average Bonchev–Trinajstić information content (AvgIpc) is 2.97. The maximum absolute atomic E-state index is 13.4. The fourth-order valence-electron chi connectivity index (χ4n) is 5.18. The largest absolute Gasteiger partial charge is 0.369 e. The minimum Gasteiger partial charge on any atom is -0.369 e. The van der Waals surface area contributed by atoms with Gasteiger partial charge in [-0.3, -0.25) is 19.4 Å². The summed E-state index contributed by atoms with van der Waals surface area (Å²) in [5, 5.41) is 3.03. The number of hydrogen-bond donors (Lipinski definition) is 2. The second-order valence-electron chi connectivity index (χ2n) is 10.3. The van der Waals surface area contributed by atoms with Gasteiger partial charge in [0.2, 0.25) is 11.8 Å². The summed E-state index contributed by atoms with van der Waals surface area (Å²) < 4.78 is 0. The van der Waals surface area contributed by atoms with Crippen LogP contribution in [0.15, 0.2) is 66.9 Å². The van der Waals surface area contributed by atoms with Crippen molar-refractivity contribution in [3.63, 3.8) is 0 Å². The summed E-state index contributed by atoms with van der Waals surface area (Å²) in [5.74, 6) is -1.01. The minimum atomic E-state index is -0.471. The van der Waals surface area contributed by atoms with E-state index in [0.29, 0.717) is 30.0 Å². The Morgan fingerprint density at radius 3 is 2.44 bits per heavy atom. The van der Waals surface area contributed by atoms with Gasteiger partial charge in [-0.15, -0.1) is 0 Å². The molecule has 0 spiro atoms. The van der Waals surface area contributed by atoms with Crippen LogP contribution in [0.3, 0.4) is 0 Å². The molecule has 3 amide bonds. The van der Waals surface area contributed by atoms with Crippen molar-refractivity contribution in [1.82, 2.24) is 14.8 Å². The van der Waals surface area contributed by atoms with Crippen molar-refractivity contribution in [1.29, 1.82) is 0 Å². The Morgan fingerprint density at radius 1 is 0.923 bits per heavy atom. The van der Waals surface area contributed by atoms with E-state index in [-0.39, 0.29) is 17.7 Å². The van der Waals surface area contributed by atoms with Crippen molar-refractivity contribution in [3.05, 3.63) is 78.1 Å². The second kappa shape index (κ2) is 11.7. The molecule has 39 heavy (non-hydrogen) atoms. The molecule has 2 aromatic carbocycles. The summed E-state index contributed by atoms with van der Waals surface area (Å²) in [6.45, 7) is 4.77. The fourth-order valence-corrected chi connectivity index (χ4v) is 5.18. The molecular weight excluding hydrogens is 492 g/mol. The number of nitrogens with one attached hydrogen (secondary N) is 1. The number of piperidine rings is 1. The number of amides is 3. The first-order chi connectivity index (χ1) is 18.9. The number of nitrogens with zero attached hydrogens (tertiary/aromatic N) is 4. The summed E-state index contributed by atoms with van der Waals surface area (Å²) in [4.78, 5) is 48.6. The fraction of sp³-hybridized carbons (Fsp3) is 0.333. The van der Waals surface area contributed by atoms with Gasteiger partial charge in [0.1, 0.15) is 5.69 Å². The van der Waals surface area contributed by atoms with Crippen LogP contribution in [0.4, 0.5) is 11.4 Å². The number of rotatable bonds is 6. The zero-order chi connectivity index (χ0) is 27.4. The van der Waals surface area contributed by atoms with Crippen LogP contribution in [0.1, 0.15) is 33.7 Å². The quantitative estimate of drug-likeness (QED) is 0.511. The molecule has 202 valence electrons. The molecule has 0 bridgehead atoms. The van der Waals surface area contributed by atoms with Crippen molar-refractivity contribution in [2.45, 2.75) is 12.8 Å². The van der Waals surface area contributed by atoms with Crippen LogP contribution in [-0.2, 0) is 4.79 Å². The first kappa shape index (κ1) is 26.4. The van der Waals surface area contributed by atoms with Crippen molar-refractivity contribution in [3.8, 4) is 11.1 Å². The Morgan fingerprint density at radius 2 is 1.69 bits per heavy atom. The summed E-state index contributed by atoms with van der Waals surface area (Å²) in [6, 6.07) is 18.4. The minimum absolute atomic E-state index is 0.104. The smallest absolute Gasteiger partial charge is 0.272 e. The number of primary amides is 1. The zero-order valence-electron chi connectivity index (χ0n) is 22.2. The number of likely N-dealkylation sites (tertiary alicyclic amines) is 1. The van der Waals surface area contributed by atoms with E-state index in [0.717, 1.165) is 55.8 Å². The molecule has 9 heteroatoms. The first-order valence-electron chi connectivity index (χ1n) is 13.4. The second-order valence-corrected chi connectivity index (χ2v) is 10.3. The standard InChI is InChI=1S/C30H34N6O3/c1-34-14-16-35(17-15-34)26-11-12-32-27(19-26)30(39)36-13-3-5-24(20-36)29(38)33-25-6-2-4-23(18-25)21-7-9-22(10-8-21)28(31)37/h2,4,6-12,18-19,24H,3,5,13-17,20H2,1H3,(H2,31,37)(H,33,38)/t24-/m1/s1. The molecule has 0 radical (unpaired) electrons. The lowest BCUT2D eigenvalue weighted by molar-refractivity contribution is -0.121. The predicted octanol–water partition coefficient (Wildman–Crippen LogP) is 3.09. The maximum Gasteiger partial charge on any atom is 0.272 e. The van der Waals surface area contributed by atoms with Crippen molar-refractivity contribution in [2.75, 3.05) is 56.5 Å². The van der Waals surface area contributed by atoms with Crippen molar-refractivity contribution in [2.24, 2.45) is 11.7 Å². The number of pyridine rings is 1. The third-order valence-corrected chi connectivity index (χ3v) is 7.54. The molecule has 0 saturated carbocycles. The van der Waals surface area contributed by atoms with E-state index in [1.165, 1.54) is 0 Å². The number of nitrogens with two attached hydrogens (primary N) is 1. The van der Waals surface area contributed by atoms with Gasteiger partial charge in [-0.1, -0.05) is 24.3 Å². The van der Waals surface area contributed by atoms with Gasteiger partial charge in [0.05, 0.1) is 5.92 Å². The lowest BCUT2D eigenvalue weighted by atomic mass is 9.96. The molecule has 5 rings (SSSR count). The van der Waals surface area contributed by atoms with Gasteiger partial charge in [-0.05, 0) is 67.4 Å². The SMILES string of the molecule is CN1CCN(c2ccnc(C(=O)N3CCC[C@@H](C(=O)Nc4cccc(-c5ccc(C(N)=O)cc5)c4)C3)c2)CC1. The number of likely N-dealkylation sites (N-methyl/N-ethyl adjacent to an activating group) is 1. The third-order valence-electron chi connectivity index (χ3n) is 7.54. The predicted molar refractivity (Wildman–Crippen MR) is 152 cm³/mol. The van der Waals surface area contributed by atoms with Crippen LogP contribution in [0.2, 0.25) is 0 Å². The molecule has 9 nitrogen and oxygen atoms in total. The molecule has 3 heterocycles. The molecule has 0 aliphatic carbocycles. The van der Waals surface area contributed by atoms with Crippen LogP contribution >= 0.6 is 0 Å². The summed E-state index contributed by atoms with van der Waals surface area (Å²) >= 11 is 0. The Labute approximate surface area is 228 Å². The topological polar surface area (TPSA) is 112 Å². The van der Waals surface area contributed by atoms with E-state index in [1.54, 1.807) is 23.2 Å². The molecule has 0 unspecified atom stereocenters. The highest BCUT2D eigenvalue weighted by molar-refractivity contribution is 5.96. The number of carbonyl (C=O) groups is 3. The molecular formula is C30H34N6O3. The number of hydrogen-bond acceptors (Lipinski definition) is 6. The van der Waals surface area contributed by atoms with Gasteiger partial charge in [-0.25, -0.2) is 0 Å². The Hall–Kier alpha value is -4.24. The van der Waals surface area contributed by atoms with E-state index >= 15 is 0 Å². The van der Waals surface area contributed by atoms with E-state index in [9.17, 15) is 14.4 Å². The Kier molecular flexibility index (Phi) is 7.88. The van der Waals surface area contributed by atoms with Crippen LogP contribution in [0.5, 0.6) is 0 Å².